The third-order valence-corrected chi connectivity index (χ3v) is 5.47. The molecule has 0 aromatic carbocycles. The number of aliphatic carboxylic acids is 1. The number of carbonyl (C=O) groups is 1. The van der Waals surface area contributed by atoms with E-state index in [4.69, 9.17) is 0 Å². The fourth-order valence-corrected chi connectivity index (χ4v) is 4.29. The number of rotatable bonds is 4. The van der Waals surface area contributed by atoms with Crippen LogP contribution in [0.1, 0.15) is 71.1 Å². The van der Waals surface area contributed by atoms with Crippen molar-refractivity contribution in [3.63, 3.8) is 0 Å². The van der Waals surface area contributed by atoms with E-state index in [9.17, 15) is 9.90 Å². The van der Waals surface area contributed by atoms with Crippen molar-refractivity contribution in [1.82, 2.24) is 4.90 Å². The normalized spacial score (nSPS) is 31.3. The van der Waals surface area contributed by atoms with Gasteiger partial charge >= 0.3 is 5.97 Å². The summed E-state index contributed by atoms with van der Waals surface area (Å²) in [6.45, 7) is 2.34. The van der Waals surface area contributed by atoms with Crippen molar-refractivity contribution in [2.75, 3.05) is 7.05 Å². The fraction of sp³-hybridized carbons (Fsp3) is 0.938. The van der Waals surface area contributed by atoms with E-state index in [1.54, 1.807) is 0 Å². The average molecular weight is 267 g/mol. The molecule has 1 N–H and O–H groups in total. The maximum absolute atomic E-state index is 11.3. The van der Waals surface area contributed by atoms with Crippen LogP contribution in [0.2, 0.25) is 0 Å². The van der Waals surface area contributed by atoms with Crippen molar-refractivity contribution in [2.24, 2.45) is 5.92 Å². The lowest BCUT2D eigenvalue weighted by atomic mass is 9.75. The minimum Gasteiger partial charge on any atom is -0.481 e. The van der Waals surface area contributed by atoms with Gasteiger partial charge in [0.05, 0.1) is 6.42 Å². The van der Waals surface area contributed by atoms with Crippen molar-refractivity contribution < 1.29 is 9.90 Å². The molecule has 2 aliphatic carbocycles. The lowest BCUT2D eigenvalue weighted by Crippen LogP contribution is -2.54. The Bertz CT molecular complexity index is 310. The van der Waals surface area contributed by atoms with E-state index in [1.807, 2.05) is 0 Å². The Kier molecular flexibility index (Phi) is 4.88. The molecule has 0 radical (unpaired) electrons. The molecule has 0 aromatic rings. The molecule has 2 aliphatic rings. The van der Waals surface area contributed by atoms with Gasteiger partial charge in [-0.2, -0.15) is 0 Å². The lowest BCUT2D eigenvalue weighted by Gasteiger charge is -2.49. The second kappa shape index (κ2) is 6.25. The van der Waals surface area contributed by atoms with Gasteiger partial charge in [0.2, 0.25) is 0 Å². The van der Waals surface area contributed by atoms with Crippen LogP contribution in [0, 0.1) is 5.92 Å². The molecular formula is C16H29NO2. The Balaban J connectivity index is 2.09. The van der Waals surface area contributed by atoms with Gasteiger partial charge in [0, 0.05) is 11.6 Å². The minimum absolute atomic E-state index is 0.0637. The van der Waals surface area contributed by atoms with Crippen LogP contribution in [0.5, 0.6) is 0 Å². The van der Waals surface area contributed by atoms with Crippen molar-refractivity contribution in [2.45, 2.75) is 82.7 Å². The first kappa shape index (κ1) is 14.8. The summed E-state index contributed by atoms with van der Waals surface area (Å²) in [6, 6.07) is 0.598. The highest BCUT2D eigenvalue weighted by Gasteiger charge is 2.41. The standard InChI is InChI=1S/C16H29NO2/c1-13-7-6-8-14(11-13)17(2)16(12-15(18)19)9-4-3-5-10-16/h13-14H,3-12H2,1-2H3,(H,18,19). The first-order chi connectivity index (χ1) is 9.03. The summed E-state index contributed by atoms with van der Waals surface area (Å²) in [5.41, 5.74) is -0.0637. The Morgan fingerprint density at radius 3 is 2.47 bits per heavy atom. The van der Waals surface area contributed by atoms with E-state index >= 15 is 0 Å². The zero-order valence-electron chi connectivity index (χ0n) is 12.5. The summed E-state index contributed by atoms with van der Waals surface area (Å²) >= 11 is 0. The summed E-state index contributed by atoms with van der Waals surface area (Å²) in [5, 5.41) is 9.30. The quantitative estimate of drug-likeness (QED) is 0.844. The number of carboxylic acids is 1. The van der Waals surface area contributed by atoms with Crippen LogP contribution in [-0.4, -0.2) is 34.6 Å². The predicted octanol–water partition coefficient (Wildman–Crippen LogP) is 3.67. The molecule has 0 saturated heterocycles. The van der Waals surface area contributed by atoms with Crippen LogP contribution >= 0.6 is 0 Å². The van der Waals surface area contributed by atoms with Gasteiger partial charge in [-0.05, 0) is 38.6 Å². The SMILES string of the molecule is CC1CCCC(N(C)C2(CC(=O)O)CCCCC2)C1. The summed E-state index contributed by atoms with van der Waals surface area (Å²) in [5.74, 6) is 0.171. The Hall–Kier alpha value is -0.570. The van der Waals surface area contributed by atoms with Gasteiger partial charge in [0.25, 0.3) is 0 Å². The lowest BCUT2D eigenvalue weighted by molar-refractivity contribution is -0.142. The number of carboxylic acid groups (broad SMARTS) is 1. The first-order valence-corrected chi connectivity index (χ1v) is 7.98. The zero-order valence-corrected chi connectivity index (χ0v) is 12.5. The second-order valence-corrected chi connectivity index (χ2v) is 6.89. The molecule has 19 heavy (non-hydrogen) atoms. The predicted molar refractivity (Wildman–Crippen MR) is 77.3 cm³/mol. The molecule has 2 unspecified atom stereocenters. The molecule has 0 aromatic heterocycles. The number of hydrogen-bond donors (Lipinski definition) is 1. The van der Waals surface area contributed by atoms with E-state index in [0.29, 0.717) is 12.5 Å². The summed E-state index contributed by atoms with van der Waals surface area (Å²) in [7, 11) is 2.19. The van der Waals surface area contributed by atoms with E-state index < -0.39 is 5.97 Å². The molecule has 0 aliphatic heterocycles. The van der Waals surface area contributed by atoms with Gasteiger partial charge in [-0.1, -0.05) is 39.0 Å². The van der Waals surface area contributed by atoms with Crippen LogP contribution in [0.15, 0.2) is 0 Å². The van der Waals surface area contributed by atoms with Crippen molar-refractivity contribution in [3.8, 4) is 0 Å². The van der Waals surface area contributed by atoms with E-state index in [1.165, 1.54) is 44.9 Å². The average Bonchev–Trinajstić information content (AvgIpc) is 2.38. The minimum atomic E-state index is -0.627. The Morgan fingerprint density at radius 1 is 1.21 bits per heavy atom. The van der Waals surface area contributed by atoms with Gasteiger partial charge in [0.15, 0.2) is 0 Å². The largest absolute Gasteiger partial charge is 0.481 e. The third kappa shape index (κ3) is 3.50. The molecule has 3 heteroatoms. The van der Waals surface area contributed by atoms with Gasteiger partial charge in [-0.15, -0.1) is 0 Å². The molecular weight excluding hydrogens is 238 g/mol. The van der Waals surface area contributed by atoms with Crippen LogP contribution in [0.25, 0.3) is 0 Å². The third-order valence-electron chi connectivity index (χ3n) is 5.47. The topological polar surface area (TPSA) is 40.5 Å². The number of nitrogens with zero attached hydrogens (tertiary/aromatic N) is 1. The molecule has 2 saturated carbocycles. The zero-order chi connectivity index (χ0) is 13.9. The molecule has 110 valence electrons. The Labute approximate surface area is 117 Å². The van der Waals surface area contributed by atoms with Crippen molar-refractivity contribution in [1.29, 1.82) is 0 Å². The molecule has 0 spiro atoms. The van der Waals surface area contributed by atoms with Crippen molar-refractivity contribution in [3.05, 3.63) is 0 Å². The summed E-state index contributed by atoms with van der Waals surface area (Å²) in [6.07, 6.45) is 11.3. The molecule has 3 nitrogen and oxygen atoms in total. The van der Waals surface area contributed by atoms with Gasteiger partial charge < -0.3 is 5.11 Å². The summed E-state index contributed by atoms with van der Waals surface area (Å²) in [4.78, 5) is 13.8. The van der Waals surface area contributed by atoms with Crippen LogP contribution < -0.4 is 0 Å². The molecule has 2 fully saturated rings. The first-order valence-electron chi connectivity index (χ1n) is 7.98. The Morgan fingerprint density at radius 2 is 1.89 bits per heavy atom. The smallest absolute Gasteiger partial charge is 0.305 e. The molecule has 0 bridgehead atoms. The molecule has 2 atom stereocenters. The number of hydrogen-bond acceptors (Lipinski definition) is 2. The summed E-state index contributed by atoms with van der Waals surface area (Å²) < 4.78 is 0. The van der Waals surface area contributed by atoms with E-state index in [-0.39, 0.29) is 5.54 Å². The van der Waals surface area contributed by atoms with Crippen molar-refractivity contribution >= 4 is 5.97 Å². The highest BCUT2D eigenvalue weighted by Crippen LogP contribution is 2.40. The highest BCUT2D eigenvalue weighted by molar-refractivity contribution is 5.68. The molecule has 0 heterocycles. The fourth-order valence-electron chi connectivity index (χ4n) is 4.29. The van der Waals surface area contributed by atoms with Crippen LogP contribution in [-0.2, 0) is 4.79 Å². The van der Waals surface area contributed by atoms with Gasteiger partial charge in [-0.25, -0.2) is 0 Å². The van der Waals surface area contributed by atoms with Crippen LogP contribution in [0.3, 0.4) is 0 Å². The van der Waals surface area contributed by atoms with E-state index in [0.717, 1.165) is 18.8 Å². The maximum Gasteiger partial charge on any atom is 0.305 e. The highest BCUT2D eigenvalue weighted by atomic mass is 16.4. The van der Waals surface area contributed by atoms with Crippen LogP contribution in [0.4, 0.5) is 0 Å². The van der Waals surface area contributed by atoms with Gasteiger partial charge in [-0.3, -0.25) is 9.69 Å². The molecule has 0 amide bonds. The maximum atomic E-state index is 11.3. The molecule has 2 rings (SSSR count). The monoisotopic (exact) mass is 267 g/mol. The second-order valence-electron chi connectivity index (χ2n) is 6.89. The van der Waals surface area contributed by atoms with E-state index in [2.05, 4.69) is 18.9 Å². The van der Waals surface area contributed by atoms with Gasteiger partial charge in [0.1, 0.15) is 0 Å².